The first kappa shape index (κ1) is 58.8. The lowest BCUT2D eigenvalue weighted by molar-refractivity contribution is -0.146. The van der Waals surface area contributed by atoms with Crippen molar-refractivity contribution in [3.63, 3.8) is 0 Å². The number of carbonyl (C=O) groups is 2. The molecule has 0 aromatic heterocycles. The number of carbonyl (C=O) groups excluding carboxylic acids is 2. The highest BCUT2D eigenvalue weighted by Gasteiger charge is 2.21. The average molecular weight is 877 g/mol. The van der Waals surface area contributed by atoms with Crippen LogP contribution in [0.2, 0.25) is 0 Å². The van der Waals surface area contributed by atoms with E-state index in [4.69, 9.17) is 9.47 Å². The zero-order chi connectivity index (χ0) is 45.0. The number of esters is 2. The topological polar surface area (TPSA) is 79.3 Å². The number of aliphatic hydroxyl groups is 1. The van der Waals surface area contributed by atoms with Gasteiger partial charge < -0.3 is 19.5 Å². The monoisotopic (exact) mass is 877 g/mol. The molecule has 1 aliphatic rings. The van der Waals surface area contributed by atoms with Crippen LogP contribution in [0.4, 0.5) is 0 Å². The van der Waals surface area contributed by atoms with Gasteiger partial charge in [0.2, 0.25) is 0 Å². The normalized spacial score (nSPS) is 14.7. The number of nitrogens with zero attached hydrogens (tertiary/aromatic N) is 2. The third-order valence-electron chi connectivity index (χ3n) is 14.0. The van der Waals surface area contributed by atoms with Gasteiger partial charge in [-0.3, -0.25) is 14.5 Å². The molecule has 2 atom stereocenters. The van der Waals surface area contributed by atoms with E-state index in [2.05, 4.69) is 37.5 Å². The summed E-state index contributed by atoms with van der Waals surface area (Å²) in [5, 5.41) is 9.96. The third kappa shape index (κ3) is 36.1. The van der Waals surface area contributed by atoms with E-state index in [0.717, 1.165) is 71.2 Å². The number of hydrogen-bond acceptors (Lipinski definition) is 7. The minimum absolute atomic E-state index is 0.0154. The van der Waals surface area contributed by atoms with Crippen LogP contribution in [0.3, 0.4) is 0 Å². The number of rotatable bonds is 46. The molecule has 7 nitrogen and oxygen atoms in total. The quantitative estimate of drug-likeness (QED) is 0.0371. The Morgan fingerprint density at radius 3 is 1.23 bits per heavy atom. The molecule has 368 valence electrons. The van der Waals surface area contributed by atoms with Gasteiger partial charge in [0.1, 0.15) is 0 Å². The van der Waals surface area contributed by atoms with Crippen molar-refractivity contribution in [2.75, 3.05) is 52.5 Å². The van der Waals surface area contributed by atoms with Crippen LogP contribution >= 0.6 is 0 Å². The fourth-order valence-corrected chi connectivity index (χ4v) is 9.87. The maximum atomic E-state index is 12.9. The summed E-state index contributed by atoms with van der Waals surface area (Å²) in [7, 11) is 0. The molecule has 0 aromatic carbocycles. The van der Waals surface area contributed by atoms with E-state index < -0.39 is 0 Å². The summed E-state index contributed by atoms with van der Waals surface area (Å²) in [4.78, 5) is 31.1. The molecule has 0 radical (unpaired) electrons. The molecule has 1 saturated carbocycles. The van der Waals surface area contributed by atoms with Gasteiger partial charge in [-0.1, -0.05) is 182 Å². The Kier molecular flexibility index (Phi) is 42.7. The first-order chi connectivity index (χ1) is 30.5. The molecule has 1 fully saturated rings. The number of aliphatic hydroxyl groups excluding tert-OH is 1. The Labute approximate surface area is 386 Å². The van der Waals surface area contributed by atoms with Gasteiger partial charge in [0.15, 0.2) is 0 Å². The van der Waals surface area contributed by atoms with Crippen molar-refractivity contribution in [1.82, 2.24) is 9.80 Å². The molecule has 0 aliphatic heterocycles. The van der Waals surface area contributed by atoms with E-state index in [9.17, 15) is 14.7 Å². The number of hydrogen-bond donors (Lipinski definition) is 1. The summed E-state index contributed by atoms with van der Waals surface area (Å²) in [6, 6.07) is 0.597. The van der Waals surface area contributed by atoms with Crippen molar-refractivity contribution in [2.45, 2.75) is 278 Å². The molecule has 1 N–H and O–H groups in total. The van der Waals surface area contributed by atoms with Crippen molar-refractivity contribution in [3.05, 3.63) is 0 Å². The Balaban J connectivity index is 2.57. The summed E-state index contributed by atoms with van der Waals surface area (Å²) < 4.78 is 11.7. The van der Waals surface area contributed by atoms with E-state index in [1.807, 2.05) is 0 Å². The van der Waals surface area contributed by atoms with E-state index in [-0.39, 0.29) is 18.5 Å². The van der Waals surface area contributed by atoms with E-state index in [1.54, 1.807) is 0 Å². The van der Waals surface area contributed by atoms with Gasteiger partial charge in [-0.05, 0) is 102 Å². The SMILES string of the molecule is CCCCCCCCC(CCCCCC)CC(=O)OCCCCCN(CCCCCOC(=O)CC(CCCCCC)CCCCCCCC)CCN(CCO)C1CCCCCC1. The van der Waals surface area contributed by atoms with Crippen molar-refractivity contribution < 1.29 is 24.2 Å². The minimum atomic E-state index is 0.0154. The molecule has 2 unspecified atom stereocenters. The number of unbranched alkanes of at least 4 members (excludes halogenated alkanes) is 20. The van der Waals surface area contributed by atoms with Gasteiger partial charge in [-0.25, -0.2) is 0 Å². The average Bonchev–Trinajstić information content (AvgIpc) is 3.56. The van der Waals surface area contributed by atoms with Gasteiger partial charge in [0.25, 0.3) is 0 Å². The zero-order valence-corrected chi connectivity index (χ0v) is 42.2. The molecule has 62 heavy (non-hydrogen) atoms. The van der Waals surface area contributed by atoms with Crippen molar-refractivity contribution >= 4 is 11.9 Å². The van der Waals surface area contributed by atoms with Crippen LogP contribution < -0.4 is 0 Å². The molecule has 0 heterocycles. The van der Waals surface area contributed by atoms with E-state index in [0.29, 0.717) is 43.9 Å². The second kappa shape index (κ2) is 45.0. The largest absolute Gasteiger partial charge is 0.466 e. The van der Waals surface area contributed by atoms with Crippen molar-refractivity contribution in [2.24, 2.45) is 11.8 Å². The van der Waals surface area contributed by atoms with Crippen LogP contribution in [0.5, 0.6) is 0 Å². The molecular weight excluding hydrogens is 769 g/mol. The lowest BCUT2D eigenvalue weighted by Crippen LogP contribution is -2.43. The van der Waals surface area contributed by atoms with E-state index in [1.165, 1.54) is 193 Å². The highest BCUT2D eigenvalue weighted by atomic mass is 16.5. The van der Waals surface area contributed by atoms with Gasteiger partial charge in [-0.15, -0.1) is 0 Å². The molecule has 0 saturated heterocycles. The third-order valence-corrected chi connectivity index (χ3v) is 14.0. The smallest absolute Gasteiger partial charge is 0.306 e. The molecule has 1 rings (SSSR count). The standard InChI is InChI=1S/C55H108N2O5/c1-5-9-13-17-19-27-37-51(35-25-15-11-7-3)49-54(59)61-47-33-23-31-41-56(43-44-57(45-46-58)53-39-29-21-22-30-40-53)42-32-24-34-48-62-55(60)50-52(36-26-16-12-8-4)38-28-20-18-14-10-6-2/h51-53,58H,5-50H2,1-4H3. The second-order valence-electron chi connectivity index (χ2n) is 19.8. The Morgan fingerprint density at radius 1 is 0.452 bits per heavy atom. The Bertz CT molecular complexity index is 898. The van der Waals surface area contributed by atoms with Crippen LogP contribution in [0.25, 0.3) is 0 Å². The molecule has 0 bridgehead atoms. The lowest BCUT2D eigenvalue weighted by atomic mass is 9.91. The predicted octanol–water partition coefficient (Wildman–Crippen LogP) is 15.2. The van der Waals surface area contributed by atoms with Gasteiger partial charge in [-0.2, -0.15) is 0 Å². The highest BCUT2D eigenvalue weighted by molar-refractivity contribution is 5.70. The molecule has 0 spiro atoms. The van der Waals surface area contributed by atoms with E-state index >= 15 is 0 Å². The van der Waals surface area contributed by atoms with Crippen molar-refractivity contribution in [1.29, 1.82) is 0 Å². The summed E-state index contributed by atoms with van der Waals surface area (Å²) in [6.45, 7) is 15.3. The maximum absolute atomic E-state index is 12.9. The zero-order valence-electron chi connectivity index (χ0n) is 42.2. The van der Waals surface area contributed by atoms with Crippen molar-refractivity contribution in [3.8, 4) is 0 Å². The molecule has 7 heteroatoms. The Morgan fingerprint density at radius 2 is 0.823 bits per heavy atom. The summed E-state index contributed by atoms with van der Waals surface area (Å²) in [5.41, 5.74) is 0. The van der Waals surface area contributed by atoms with Crippen LogP contribution in [0.15, 0.2) is 0 Å². The van der Waals surface area contributed by atoms with Crippen LogP contribution in [0.1, 0.15) is 272 Å². The summed E-state index contributed by atoms with van der Waals surface area (Å²) >= 11 is 0. The van der Waals surface area contributed by atoms with Crippen LogP contribution in [-0.2, 0) is 19.1 Å². The second-order valence-corrected chi connectivity index (χ2v) is 19.8. The fraction of sp³-hybridized carbons (Fsp3) is 0.964. The highest BCUT2D eigenvalue weighted by Crippen LogP contribution is 2.25. The lowest BCUT2D eigenvalue weighted by Gasteiger charge is -2.33. The molecule has 0 amide bonds. The summed E-state index contributed by atoms with van der Waals surface area (Å²) in [6.07, 6.45) is 45.7. The molecule has 1 aliphatic carbocycles. The molecule has 0 aromatic rings. The molecular formula is C55H108N2O5. The predicted molar refractivity (Wildman–Crippen MR) is 266 cm³/mol. The number of ether oxygens (including phenoxy) is 2. The summed E-state index contributed by atoms with van der Waals surface area (Å²) in [5.74, 6) is 0.988. The first-order valence-corrected chi connectivity index (χ1v) is 27.9. The Hall–Kier alpha value is -1.18. The first-order valence-electron chi connectivity index (χ1n) is 27.9. The minimum Gasteiger partial charge on any atom is -0.466 e. The van der Waals surface area contributed by atoms with Gasteiger partial charge >= 0.3 is 11.9 Å². The van der Waals surface area contributed by atoms with Crippen LogP contribution in [0, 0.1) is 11.8 Å². The van der Waals surface area contributed by atoms with Gasteiger partial charge in [0.05, 0.1) is 19.8 Å². The van der Waals surface area contributed by atoms with Crippen LogP contribution in [-0.4, -0.2) is 85.4 Å². The maximum Gasteiger partial charge on any atom is 0.306 e. The fourth-order valence-electron chi connectivity index (χ4n) is 9.87. The van der Waals surface area contributed by atoms with Gasteiger partial charge in [0, 0.05) is 38.5 Å².